The van der Waals surface area contributed by atoms with E-state index in [1.165, 1.54) is 28.4 Å². The van der Waals surface area contributed by atoms with Crippen LogP contribution in [0, 0.1) is 6.92 Å². The highest BCUT2D eigenvalue weighted by molar-refractivity contribution is 7.92. The van der Waals surface area contributed by atoms with Gasteiger partial charge in [-0.3, -0.25) is 13.9 Å². The first-order valence-electron chi connectivity index (χ1n) is 7.68. The summed E-state index contributed by atoms with van der Waals surface area (Å²) < 4.78 is 36.2. The Morgan fingerprint density at radius 2 is 1.69 bits per heavy atom. The molecule has 0 atom stereocenters. The van der Waals surface area contributed by atoms with E-state index in [0.717, 1.165) is 0 Å². The molecule has 7 nitrogen and oxygen atoms in total. The molecule has 1 heterocycles. The molecule has 1 N–H and O–H groups in total. The van der Waals surface area contributed by atoms with Crippen LogP contribution in [0.2, 0.25) is 5.02 Å². The fraction of sp³-hybridized carbons (Fsp3) is 0.235. The Balaban J connectivity index is 2.09. The van der Waals surface area contributed by atoms with Gasteiger partial charge in [0.1, 0.15) is 5.75 Å². The smallest absolute Gasteiger partial charge is 0.328 e. The summed E-state index contributed by atoms with van der Waals surface area (Å²) in [4.78, 5) is 12.2. The number of anilines is 1. The Hall–Kier alpha value is -2.45. The predicted molar refractivity (Wildman–Crippen MR) is 102 cm³/mol. The summed E-state index contributed by atoms with van der Waals surface area (Å²) in [5, 5.41) is 0.297. The number of rotatable bonds is 4. The number of aryl methyl sites for hydroxylation is 3. The second kappa shape index (κ2) is 6.37. The molecule has 0 aliphatic heterocycles. The molecule has 138 valence electrons. The second-order valence-corrected chi connectivity index (χ2v) is 8.02. The Labute approximate surface area is 155 Å². The molecule has 26 heavy (non-hydrogen) atoms. The van der Waals surface area contributed by atoms with Crippen molar-refractivity contribution in [1.29, 1.82) is 0 Å². The fourth-order valence-corrected chi connectivity index (χ4v) is 4.41. The topological polar surface area (TPSA) is 82.3 Å². The van der Waals surface area contributed by atoms with Crippen LogP contribution in [0.3, 0.4) is 0 Å². The molecule has 9 heteroatoms. The van der Waals surface area contributed by atoms with E-state index < -0.39 is 10.0 Å². The number of aromatic nitrogens is 2. The van der Waals surface area contributed by atoms with E-state index in [2.05, 4.69) is 4.72 Å². The minimum atomic E-state index is -3.87. The largest absolute Gasteiger partial charge is 0.495 e. The molecular formula is C17H18ClN3O4S. The fourth-order valence-electron chi connectivity index (χ4n) is 2.86. The Bertz CT molecular complexity index is 1180. The molecule has 0 unspecified atom stereocenters. The van der Waals surface area contributed by atoms with Gasteiger partial charge in [0.15, 0.2) is 0 Å². The minimum absolute atomic E-state index is 0.0955. The lowest BCUT2D eigenvalue weighted by Gasteiger charge is -2.12. The van der Waals surface area contributed by atoms with Gasteiger partial charge >= 0.3 is 5.69 Å². The standard InChI is InChI=1S/C17H18ClN3O4S/c1-10-7-13-14(21(3)17(22)20(13)2)9-16(10)26(23,24)19-11-5-6-15(25-4)12(18)8-11/h5-9,19H,1-4H3. The molecule has 0 saturated heterocycles. The molecule has 0 aliphatic rings. The quantitative estimate of drug-likeness (QED) is 0.736. The van der Waals surface area contributed by atoms with Crippen LogP contribution < -0.4 is 15.1 Å². The second-order valence-electron chi connectivity index (χ2n) is 5.96. The molecule has 2 aromatic carbocycles. The first-order chi connectivity index (χ1) is 12.2. The average Bonchev–Trinajstić information content (AvgIpc) is 2.78. The summed E-state index contributed by atoms with van der Waals surface area (Å²) >= 11 is 6.05. The van der Waals surface area contributed by atoms with E-state index >= 15 is 0 Å². The summed E-state index contributed by atoms with van der Waals surface area (Å²) in [6.07, 6.45) is 0. The van der Waals surface area contributed by atoms with E-state index in [-0.39, 0.29) is 10.6 Å². The summed E-state index contributed by atoms with van der Waals surface area (Å²) in [5.41, 5.74) is 1.84. The van der Waals surface area contributed by atoms with Gasteiger partial charge in [-0.1, -0.05) is 11.6 Å². The lowest BCUT2D eigenvalue weighted by molar-refractivity contribution is 0.415. The third kappa shape index (κ3) is 2.95. The van der Waals surface area contributed by atoms with Gasteiger partial charge in [-0.15, -0.1) is 0 Å². The number of ether oxygens (including phenoxy) is 1. The Morgan fingerprint density at radius 3 is 2.27 bits per heavy atom. The van der Waals surface area contributed by atoms with Crippen molar-refractivity contribution >= 4 is 38.3 Å². The molecular weight excluding hydrogens is 378 g/mol. The zero-order valence-corrected chi connectivity index (χ0v) is 16.3. The summed E-state index contributed by atoms with van der Waals surface area (Å²) in [7, 11) is 0.867. The maximum Gasteiger partial charge on any atom is 0.328 e. The molecule has 0 amide bonds. The van der Waals surface area contributed by atoms with E-state index in [1.54, 1.807) is 39.2 Å². The number of hydrogen-bond acceptors (Lipinski definition) is 4. The lowest BCUT2D eigenvalue weighted by atomic mass is 10.2. The first kappa shape index (κ1) is 18.3. The number of nitrogens with one attached hydrogen (secondary N) is 1. The third-order valence-electron chi connectivity index (χ3n) is 4.26. The highest BCUT2D eigenvalue weighted by Gasteiger charge is 2.21. The van der Waals surface area contributed by atoms with Crippen molar-refractivity contribution in [3.05, 3.63) is 51.4 Å². The average molecular weight is 396 g/mol. The summed E-state index contributed by atoms with van der Waals surface area (Å²) in [6, 6.07) is 7.81. The van der Waals surface area contributed by atoms with E-state index in [0.29, 0.717) is 33.1 Å². The molecule has 3 aromatic rings. The number of benzene rings is 2. The number of nitrogens with zero attached hydrogens (tertiary/aromatic N) is 2. The molecule has 0 saturated carbocycles. The van der Waals surface area contributed by atoms with Crippen molar-refractivity contribution in [2.24, 2.45) is 14.1 Å². The van der Waals surface area contributed by atoms with Gasteiger partial charge in [-0.2, -0.15) is 0 Å². The number of imidazole rings is 1. The Morgan fingerprint density at radius 1 is 1.08 bits per heavy atom. The van der Waals surface area contributed by atoms with Crippen molar-refractivity contribution < 1.29 is 13.2 Å². The van der Waals surface area contributed by atoms with Crippen molar-refractivity contribution in [2.75, 3.05) is 11.8 Å². The van der Waals surface area contributed by atoms with Crippen LogP contribution in [0.4, 0.5) is 5.69 Å². The van der Waals surface area contributed by atoms with Crippen molar-refractivity contribution in [1.82, 2.24) is 9.13 Å². The number of methoxy groups -OCH3 is 1. The normalized spacial score (nSPS) is 11.7. The van der Waals surface area contributed by atoms with Crippen molar-refractivity contribution in [2.45, 2.75) is 11.8 Å². The van der Waals surface area contributed by atoms with Crippen LogP contribution in [0.5, 0.6) is 5.75 Å². The molecule has 3 rings (SSSR count). The highest BCUT2D eigenvalue weighted by Crippen LogP contribution is 2.29. The molecule has 1 aromatic heterocycles. The SMILES string of the molecule is COc1ccc(NS(=O)(=O)c2cc3c(cc2C)n(C)c(=O)n3C)cc1Cl. The van der Waals surface area contributed by atoms with Crippen LogP contribution >= 0.6 is 11.6 Å². The van der Waals surface area contributed by atoms with Gasteiger partial charge in [0.25, 0.3) is 10.0 Å². The number of fused-ring (bicyclic) bond motifs is 1. The lowest BCUT2D eigenvalue weighted by Crippen LogP contribution is -2.19. The number of halogens is 1. The highest BCUT2D eigenvalue weighted by atomic mass is 35.5. The van der Waals surface area contributed by atoms with Crippen LogP contribution in [-0.2, 0) is 24.1 Å². The van der Waals surface area contributed by atoms with Crippen LogP contribution in [-0.4, -0.2) is 24.7 Å². The maximum absolute atomic E-state index is 12.9. The molecule has 0 aliphatic carbocycles. The monoisotopic (exact) mass is 395 g/mol. The Kier molecular flexibility index (Phi) is 4.49. The third-order valence-corrected chi connectivity index (χ3v) is 6.08. The van der Waals surface area contributed by atoms with Gasteiger partial charge in [0.2, 0.25) is 0 Å². The molecule has 0 bridgehead atoms. The van der Waals surface area contributed by atoms with E-state index in [9.17, 15) is 13.2 Å². The molecule has 0 radical (unpaired) electrons. The van der Waals surface area contributed by atoms with Gasteiger partial charge in [0, 0.05) is 14.1 Å². The minimum Gasteiger partial charge on any atom is -0.495 e. The molecule has 0 spiro atoms. The summed E-state index contributed by atoms with van der Waals surface area (Å²) in [6.45, 7) is 1.69. The van der Waals surface area contributed by atoms with Crippen LogP contribution in [0.25, 0.3) is 11.0 Å². The zero-order valence-electron chi connectivity index (χ0n) is 14.7. The van der Waals surface area contributed by atoms with Crippen molar-refractivity contribution in [3.8, 4) is 5.75 Å². The van der Waals surface area contributed by atoms with Gasteiger partial charge in [-0.25, -0.2) is 13.2 Å². The van der Waals surface area contributed by atoms with Gasteiger partial charge in [0.05, 0.1) is 33.7 Å². The molecule has 0 fully saturated rings. The number of hydrogen-bond donors (Lipinski definition) is 1. The van der Waals surface area contributed by atoms with Crippen LogP contribution in [0.15, 0.2) is 40.0 Å². The van der Waals surface area contributed by atoms with Crippen molar-refractivity contribution in [3.63, 3.8) is 0 Å². The zero-order chi connectivity index (χ0) is 19.2. The van der Waals surface area contributed by atoms with Gasteiger partial charge < -0.3 is 4.74 Å². The maximum atomic E-state index is 12.9. The van der Waals surface area contributed by atoms with E-state index in [1.807, 2.05) is 0 Å². The van der Waals surface area contributed by atoms with Crippen LogP contribution in [0.1, 0.15) is 5.56 Å². The van der Waals surface area contributed by atoms with Gasteiger partial charge in [-0.05, 0) is 42.8 Å². The number of sulfonamides is 1. The van der Waals surface area contributed by atoms with E-state index in [4.69, 9.17) is 16.3 Å². The summed E-state index contributed by atoms with van der Waals surface area (Å²) in [5.74, 6) is 0.450. The predicted octanol–water partition coefficient (Wildman–Crippen LogP) is 2.65. The first-order valence-corrected chi connectivity index (χ1v) is 9.54.